The van der Waals surface area contributed by atoms with Crippen molar-refractivity contribution in [1.29, 1.82) is 0 Å². The Bertz CT molecular complexity index is 593. The molecule has 0 spiro atoms. The monoisotopic (exact) mass is 330 g/mol. The lowest BCUT2D eigenvalue weighted by molar-refractivity contribution is -0.126. The third-order valence-electron chi connectivity index (χ3n) is 3.84. The van der Waals surface area contributed by atoms with Gasteiger partial charge in [0.2, 0.25) is 0 Å². The summed E-state index contributed by atoms with van der Waals surface area (Å²) in [5, 5.41) is 0. The molecule has 0 saturated carbocycles. The molecule has 0 saturated heterocycles. The van der Waals surface area contributed by atoms with E-state index in [2.05, 4.69) is 0 Å². The SMILES string of the molecule is CC(C)(C)C(=O)CC(=O)c1ccc(C(=O)CC(=O)C(C)(C)C)cc1. The molecule has 0 aliphatic carbocycles. The fourth-order valence-electron chi connectivity index (χ4n) is 1.87. The minimum atomic E-state index is -0.557. The van der Waals surface area contributed by atoms with Crippen molar-refractivity contribution in [2.45, 2.75) is 54.4 Å². The van der Waals surface area contributed by atoms with Crippen LogP contribution in [0, 0.1) is 10.8 Å². The number of Topliss-reactive ketones (excluding diaryl/α,β-unsaturated/α-hetero) is 4. The second-order valence-electron chi connectivity index (χ2n) is 8.12. The van der Waals surface area contributed by atoms with Gasteiger partial charge in [0, 0.05) is 22.0 Å². The van der Waals surface area contributed by atoms with Gasteiger partial charge < -0.3 is 0 Å². The van der Waals surface area contributed by atoms with Crippen molar-refractivity contribution in [2.75, 3.05) is 0 Å². The van der Waals surface area contributed by atoms with Crippen LogP contribution >= 0.6 is 0 Å². The minimum absolute atomic E-state index is 0.122. The molecule has 4 heteroatoms. The quantitative estimate of drug-likeness (QED) is 0.582. The van der Waals surface area contributed by atoms with Gasteiger partial charge in [0.05, 0.1) is 12.8 Å². The Morgan fingerprint density at radius 2 is 0.875 bits per heavy atom. The maximum Gasteiger partial charge on any atom is 0.170 e. The van der Waals surface area contributed by atoms with Crippen molar-refractivity contribution in [3.63, 3.8) is 0 Å². The average Bonchev–Trinajstić information content (AvgIpc) is 2.45. The lowest BCUT2D eigenvalue weighted by atomic mass is 9.86. The number of hydrogen-bond acceptors (Lipinski definition) is 4. The third kappa shape index (κ3) is 5.52. The molecule has 1 rings (SSSR count). The molecular weight excluding hydrogens is 304 g/mol. The Balaban J connectivity index is 2.79. The highest BCUT2D eigenvalue weighted by atomic mass is 16.2. The highest BCUT2D eigenvalue weighted by molar-refractivity contribution is 6.11. The Morgan fingerprint density at radius 1 is 0.625 bits per heavy atom. The first kappa shape index (κ1) is 19.9. The molecule has 0 fully saturated rings. The summed E-state index contributed by atoms with van der Waals surface area (Å²) in [6.07, 6.45) is -0.307. The van der Waals surface area contributed by atoms with Gasteiger partial charge in [-0.15, -0.1) is 0 Å². The molecular formula is C20H26O4. The first-order chi connectivity index (χ1) is 10.8. The molecule has 1 aromatic rings. The molecule has 0 aromatic heterocycles. The van der Waals surface area contributed by atoms with Gasteiger partial charge in [-0.1, -0.05) is 65.8 Å². The van der Waals surface area contributed by atoms with Crippen LogP contribution in [-0.2, 0) is 9.59 Å². The molecule has 1 aromatic carbocycles. The van der Waals surface area contributed by atoms with Crippen molar-refractivity contribution >= 4 is 23.1 Å². The van der Waals surface area contributed by atoms with E-state index in [0.717, 1.165) is 0 Å². The van der Waals surface area contributed by atoms with E-state index in [1.54, 1.807) is 41.5 Å². The van der Waals surface area contributed by atoms with E-state index < -0.39 is 10.8 Å². The smallest absolute Gasteiger partial charge is 0.170 e. The summed E-state index contributed by atoms with van der Waals surface area (Å²) in [5.74, 6) is -0.772. The first-order valence-corrected chi connectivity index (χ1v) is 8.05. The van der Waals surface area contributed by atoms with Crippen LogP contribution in [0.3, 0.4) is 0 Å². The van der Waals surface area contributed by atoms with Gasteiger partial charge in [0.25, 0.3) is 0 Å². The van der Waals surface area contributed by atoms with Gasteiger partial charge in [-0.2, -0.15) is 0 Å². The second-order valence-corrected chi connectivity index (χ2v) is 8.12. The van der Waals surface area contributed by atoms with Crippen LogP contribution in [0.5, 0.6) is 0 Å². The van der Waals surface area contributed by atoms with Crippen molar-refractivity contribution in [1.82, 2.24) is 0 Å². The van der Waals surface area contributed by atoms with Crippen molar-refractivity contribution < 1.29 is 19.2 Å². The highest BCUT2D eigenvalue weighted by Crippen LogP contribution is 2.20. The zero-order valence-electron chi connectivity index (χ0n) is 15.4. The molecule has 0 amide bonds. The molecule has 0 unspecified atom stereocenters. The molecule has 0 N–H and O–H groups in total. The zero-order chi connectivity index (χ0) is 18.7. The van der Waals surface area contributed by atoms with Crippen LogP contribution in [0.2, 0.25) is 0 Å². The summed E-state index contributed by atoms with van der Waals surface area (Å²) < 4.78 is 0. The number of rotatable bonds is 6. The molecule has 0 heterocycles. The van der Waals surface area contributed by atoms with E-state index in [1.807, 2.05) is 0 Å². The number of hydrogen-bond donors (Lipinski definition) is 0. The molecule has 4 nitrogen and oxygen atoms in total. The van der Waals surface area contributed by atoms with Gasteiger partial charge in [0.15, 0.2) is 11.6 Å². The Morgan fingerprint density at radius 3 is 1.08 bits per heavy atom. The van der Waals surface area contributed by atoms with Crippen molar-refractivity contribution in [3.8, 4) is 0 Å². The van der Waals surface area contributed by atoms with Crippen LogP contribution in [0.1, 0.15) is 75.1 Å². The summed E-state index contributed by atoms with van der Waals surface area (Å²) in [6, 6.07) is 6.14. The number of carbonyl (C=O) groups excluding carboxylic acids is 4. The van der Waals surface area contributed by atoms with Gasteiger partial charge in [0.1, 0.15) is 11.6 Å². The zero-order valence-corrected chi connectivity index (χ0v) is 15.4. The van der Waals surface area contributed by atoms with Crippen molar-refractivity contribution in [2.24, 2.45) is 10.8 Å². The molecule has 0 aliphatic rings. The Hall–Kier alpha value is -2.10. The van der Waals surface area contributed by atoms with Gasteiger partial charge in [-0.25, -0.2) is 0 Å². The fraction of sp³-hybridized carbons (Fsp3) is 0.500. The summed E-state index contributed by atoms with van der Waals surface area (Å²) in [7, 11) is 0. The molecule has 0 bridgehead atoms. The molecule has 0 atom stereocenters. The predicted molar refractivity (Wildman–Crippen MR) is 93.3 cm³/mol. The standard InChI is InChI=1S/C20H26O4/c1-19(2,3)17(23)11-15(21)13-7-9-14(10-8-13)16(22)12-18(24)20(4,5)6/h7-10H,11-12H2,1-6H3. The Kier molecular flexibility index (Phi) is 5.99. The fourth-order valence-corrected chi connectivity index (χ4v) is 1.87. The summed E-state index contributed by atoms with van der Waals surface area (Å²) >= 11 is 0. The van der Waals surface area contributed by atoms with Gasteiger partial charge in [-0.05, 0) is 0 Å². The topological polar surface area (TPSA) is 68.3 Å². The number of ketones is 4. The lowest BCUT2D eigenvalue weighted by Gasteiger charge is -2.16. The second kappa shape index (κ2) is 7.20. The average molecular weight is 330 g/mol. The third-order valence-corrected chi connectivity index (χ3v) is 3.84. The van der Waals surface area contributed by atoms with Crippen LogP contribution in [0.15, 0.2) is 24.3 Å². The van der Waals surface area contributed by atoms with E-state index in [1.165, 1.54) is 24.3 Å². The van der Waals surface area contributed by atoms with Crippen molar-refractivity contribution in [3.05, 3.63) is 35.4 Å². The normalized spacial score (nSPS) is 11.9. The lowest BCUT2D eigenvalue weighted by Crippen LogP contribution is -2.23. The summed E-state index contributed by atoms with van der Waals surface area (Å²) in [4.78, 5) is 48.1. The van der Waals surface area contributed by atoms with Crippen LogP contribution in [0.25, 0.3) is 0 Å². The Labute approximate surface area is 143 Å². The minimum Gasteiger partial charge on any atom is -0.299 e. The van der Waals surface area contributed by atoms with Crippen LogP contribution < -0.4 is 0 Å². The summed E-state index contributed by atoms with van der Waals surface area (Å²) in [6.45, 7) is 10.6. The van der Waals surface area contributed by atoms with Crippen LogP contribution in [0.4, 0.5) is 0 Å². The highest BCUT2D eigenvalue weighted by Gasteiger charge is 2.25. The molecule has 130 valence electrons. The predicted octanol–water partition coefficient (Wildman–Crippen LogP) is 4.06. The number of carbonyl (C=O) groups is 4. The first-order valence-electron chi connectivity index (χ1n) is 8.05. The van der Waals surface area contributed by atoms with Gasteiger partial charge >= 0.3 is 0 Å². The number of benzene rings is 1. The largest absolute Gasteiger partial charge is 0.299 e. The molecule has 0 aliphatic heterocycles. The van der Waals surface area contributed by atoms with Crippen LogP contribution in [-0.4, -0.2) is 23.1 Å². The molecule has 24 heavy (non-hydrogen) atoms. The van der Waals surface area contributed by atoms with E-state index >= 15 is 0 Å². The maximum absolute atomic E-state index is 12.1. The van der Waals surface area contributed by atoms with E-state index in [0.29, 0.717) is 11.1 Å². The summed E-state index contributed by atoms with van der Waals surface area (Å²) in [5.41, 5.74) is -0.324. The maximum atomic E-state index is 12.1. The van der Waals surface area contributed by atoms with E-state index in [9.17, 15) is 19.2 Å². The van der Waals surface area contributed by atoms with Gasteiger partial charge in [-0.3, -0.25) is 19.2 Å². The van der Waals surface area contributed by atoms with E-state index in [-0.39, 0.29) is 36.0 Å². The molecule has 0 radical (unpaired) electrons. The van der Waals surface area contributed by atoms with E-state index in [4.69, 9.17) is 0 Å².